The van der Waals surface area contributed by atoms with Crippen molar-refractivity contribution >= 4 is 6.03 Å². The zero-order chi connectivity index (χ0) is 14.4. The molecule has 0 atom stereocenters. The van der Waals surface area contributed by atoms with Crippen molar-refractivity contribution in [1.29, 1.82) is 0 Å². The van der Waals surface area contributed by atoms with E-state index in [0.29, 0.717) is 12.6 Å². The van der Waals surface area contributed by atoms with Crippen molar-refractivity contribution in [2.24, 2.45) is 5.73 Å². The number of benzene rings is 1. The molecule has 3 N–H and O–H groups in total. The largest absolute Gasteiger partial charge is 0.492 e. The second-order valence-electron chi connectivity index (χ2n) is 5.22. The van der Waals surface area contributed by atoms with Gasteiger partial charge in [-0.1, -0.05) is 12.1 Å². The smallest absolute Gasteiger partial charge is 0.314 e. The molecule has 20 heavy (non-hydrogen) atoms. The summed E-state index contributed by atoms with van der Waals surface area (Å²) in [5.41, 5.74) is 6.46. The van der Waals surface area contributed by atoms with E-state index in [2.05, 4.69) is 18.3 Å². The molecular weight excluding hydrogens is 254 g/mol. The molecule has 0 saturated carbocycles. The van der Waals surface area contributed by atoms with Crippen LogP contribution in [0.15, 0.2) is 24.3 Å². The van der Waals surface area contributed by atoms with Gasteiger partial charge in [0.25, 0.3) is 0 Å². The molecule has 5 heteroatoms. The fraction of sp³-hybridized carbons (Fsp3) is 0.533. The Morgan fingerprint density at radius 3 is 2.85 bits per heavy atom. The lowest BCUT2D eigenvalue weighted by molar-refractivity contribution is 0.183. The molecule has 0 aliphatic carbocycles. The van der Waals surface area contributed by atoms with Crippen molar-refractivity contribution in [1.82, 2.24) is 10.2 Å². The molecule has 5 nitrogen and oxygen atoms in total. The number of ether oxygens (including phenoxy) is 1. The number of hydrogen-bond donors (Lipinski definition) is 2. The van der Waals surface area contributed by atoms with Crippen LogP contribution in [-0.2, 0) is 0 Å². The van der Waals surface area contributed by atoms with Crippen molar-refractivity contribution in [2.75, 3.05) is 26.2 Å². The minimum absolute atomic E-state index is 0.314. The number of carbonyl (C=O) groups is 1. The third kappa shape index (κ3) is 4.42. The van der Waals surface area contributed by atoms with E-state index in [4.69, 9.17) is 10.5 Å². The average molecular weight is 277 g/mol. The Morgan fingerprint density at radius 2 is 2.20 bits per heavy atom. The normalized spacial score (nSPS) is 16.1. The van der Waals surface area contributed by atoms with Crippen molar-refractivity contribution < 1.29 is 9.53 Å². The topological polar surface area (TPSA) is 67.6 Å². The van der Waals surface area contributed by atoms with Gasteiger partial charge in [0.05, 0.1) is 0 Å². The highest BCUT2D eigenvalue weighted by Crippen LogP contribution is 2.12. The molecule has 110 valence electrons. The summed E-state index contributed by atoms with van der Waals surface area (Å²) >= 11 is 0. The molecule has 1 aliphatic heterocycles. The van der Waals surface area contributed by atoms with Gasteiger partial charge in [0.2, 0.25) is 0 Å². The SMILES string of the molecule is Cc1cccc(OCCNC2CCN(C(N)=O)CC2)c1. The van der Waals surface area contributed by atoms with Crippen molar-refractivity contribution in [3.05, 3.63) is 29.8 Å². The maximum Gasteiger partial charge on any atom is 0.314 e. The van der Waals surface area contributed by atoms with Gasteiger partial charge in [-0.2, -0.15) is 0 Å². The van der Waals surface area contributed by atoms with Crippen LogP contribution < -0.4 is 15.8 Å². The van der Waals surface area contributed by atoms with Crippen LogP contribution in [0.1, 0.15) is 18.4 Å². The lowest BCUT2D eigenvalue weighted by Gasteiger charge is -2.31. The molecule has 0 aromatic heterocycles. The monoisotopic (exact) mass is 277 g/mol. The van der Waals surface area contributed by atoms with Crippen LogP contribution in [0, 0.1) is 6.92 Å². The van der Waals surface area contributed by atoms with Gasteiger partial charge >= 0.3 is 6.03 Å². The molecule has 0 radical (unpaired) electrons. The Hall–Kier alpha value is -1.75. The number of aryl methyl sites for hydroxylation is 1. The van der Waals surface area contributed by atoms with Crippen LogP contribution in [-0.4, -0.2) is 43.2 Å². The zero-order valence-electron chi connectivity index (χ0n) is 12.0. The molecular formula is C15H23N3O2. The minimum atomic E-state index is -0.314. The molecule has 1 aliphatic rings. The van der Waals surface area contributed by atoms with E-state index in [9.17, 15) is 4.79 Å². The first-order valence-corrected chi connectivity index (χ1v) is 7.12. The number of urea groups is 1. The number of carbonyl (C=O) groups excluding carboxylic acids is 1. The maximum atomic E-state index is 11.0. The average Bonchev–Trinajstić information content (AvgIpc) is 2.44. The number of piperidine rings is 1. The second-order valence-corrected chi connectivity index (χ2v) is 5.22. The predicted octanol–water partition coefficient (Wildman–Crippen LogP) is 1.51. The molecule has 1 aromatic carbocycles. The van der Waals surface area contributed by atoms with E-state index in [1.807, 2.05) is 18.2 Å². The summed E-state index contributed by atoms with van der Waals surface area (Å²) < 4.78 is 5.69. The highest BCUT2D eigenvalue weighted by atomic mass is 16.5. The summed E-state index contributed by atoms with van der Waals surface area (Å²) in [4.78, 5) is 12.7. The quantitative estimate of drug-likeness (QED) is 0.802. The molecule has 1 heterocycles. The highest BCUT2D eigenvalue weighted by Gasteiger charge is 2.20. The number of likely N-dealkylation sites (tertiary alicyclic amines) is 1. The van der Waals surface area contributed by atoms with Gasteiger partial charge in [0.15, 0.2) is 0 Å². The number of nitrogens with zero attached hydrogens (tertiary/aromatic N) is 1. The molecule has 2 amide bonds. The first-order valence-electron chi connectivity index (χ1n) is 7.12. The van der Waals surface area contributed by atoms with Crippen LogP contribution in [0.25, 0.3) is 0 Å². The zero-order valence-corrected chi connectivity index (χ0v) is 12.0. The minimum Gasteiger partial charge on any atom is -0.492 e. The first kappa shape index (κ1) is 14.7. The van der Waals surface area contributed by atoms with E-state index in [1.165, 1.54) is 5.56 Å². The molecule has 2 rings (SSSR count). The van der Waals surface area contributed by atoms with Gasteiger partial charge in [-0.3, -0.25) is 0 Å². The Morgan fingerprint density at radius 1 is 1.45 bits per heavy atom. The molecule has 1 fully saturated rings. The van der Waals surface area contributed by atoms with Crippen molar-refractivity contribution in [2.45, 2.75) is 25.8 Å². The summed E-state index contributed by atoms with van der Waals surface area (Å²) in [5, 5.41) is 3.46. The Balaban J connectivity index is 1.61. The number of hydrogen-bond acceptors (Lipinski definition) is 3. The Kier molecular flexibility index (Phi) is 5.24. The first-order chi connectivity index (χ1) is 9.65. The fourth-order valence-corrected chi connectivity index (χ4v) is 2.44. The third-order valence-electron chi connectivity index (χ3n) is 3.60. The van der Waals surface area contributed by atoms with E-state index < -0.39 is 0 Å². The number of amides is 2. The second kappa shape index (κ2) is 7.14. The van der Waals surface area contributed by atoms with E-state index >= 15 is 0 Å². The van der Waals surface area contributed by atoms with E-state index in [0.717, 1.165) is 38.2 Å². The van der Waals surface area contributed by atoms with Crippen LogP contribution in [0.5, 0.6) is 5.75 Å². The van der Waals surface area contributed by atoms with E-state index in [-0.39, 0.29) is 6.03 Å². The molecule has 1 saturated heterocycles. The Bertz CT molecular complexity index is 442. The van der Waals surface area contributed by atoms with Crippen LogP contribution in [0.4, 0.5) is 4.79 Å². The van der Waals surface area contributed by atoms with Gasteiger partial charge in [0.1, 0.15) is 12.4 Å². The van der Waals surface area contributed by atoms with Crippen molar-refractivity contribution in [3.63, 3.8) is 0 Å². The standard InChI is InChI=1S/C15H23N3O2/c1-12-3-2-4-14(11-12)20-10-7-17-13-5-8-18(9-6-13)15(16)19/h2-4,11,13,17H,5-10H2,1H3,(H2,16,19). The predicted molar refractivity (Wildman–Crippen MR) is 78.9 cm³/mol. The molecule has 0 spiro atoms. The lowest BCUT2D eigenvalue weighted by Crippen LogP contribution is -2.47. The summed E-state index contributed by atoms with van der Waals surface area (Å²) in [7, 11) is 0. The van der Waals surface area contributed by atoms with Gasteiger partial charge in [-0.05, 0) is 37.5 Å². The number of nitrogens with one attached hydrogen (secondary N) is 1. The fourth-order valence-electron chi connectivity index (χ4n) is 2.44. The van der Waals surface area contributed by atoms with Gasteiger partial charge in [-0.25, -0.2) is 4.79 Å². The van der Waals surface area contributed by atoms with Gasteiger partial charge in [0, 0.05) is 25.7 Å². The summed E-state index contributed by atoms with van der Waals surface area (Å²) in [6.45, 7) is 5.00. The molecule has 0 bridgehead atoms. The highest BCUT2D eigenvalue weighted by molar-refractivity contribution is 5.72. The summed E-state index contributed by atoms with van der Waals surface area (Å²) in [6.07, 6.45) is 1.90. The summed E-state index contributed by atoms with van der Waals surface area (Å²) in [5.74, 6) is 0.912. The maximum absolute atomic E-state index is 11.0. The third-order valence-corrected chi connectivity index (χ3v) is 3.60. The number of primary amides is 1. The van der Waals surface area contributed by atoms with Crippen LogP contribution >= 0.6 is 0 Å². The van der Waals surface area contributed by atoms with Crippen molar-refractivity contribution in [3.8, 4) is 5.75 Å². The van der Waals surface area contributed by atoms with Crippen LogP contribution in [0.2, 0.25) is 0 Å². The number of nitrogens with two attached hydrogens (primary N) is 1. The van der Waals surface area contributed by atoms with Gasteiger partial charge < -0.3 is 20.7 Å². The molecule has 0 unspecified atom stereocenters. The lowest BCUT2D eigenvalue weighted by atomic mass is 10.1. The Labute approximate surface area is 120 Å². The van der Waals surface area contributed by atoms with E-state index in [1.54, 1.807) is 4.90 Å². The summed E-state index contributed by atoms with van der Waals surface area (Å²) in [6, 6.07) is 8.19. The van der Waals surface area contributed by atoms with Crippen LogP contribution in [0.3, 0.4) is 0 Å². The van der Waals surface area contributed by atoms with Gasteiger partial charge in [-0.15, -0.1) is 0 Å². The molecule has 1 aromatic rings. The number of rotatable bonds is 5.